The molecule has 0 fully saturated rings. The van der Waals surface area contributed by atoms with Gasteiger partial charge in [0, 0.05) is 25.7 Å². The molecule has 0 bridgehead atoms. The van der Waals surface area contributed by atoms with Crippen LogP contribution in [0, 0.1) is 23.7 Å². The SMILES string of the molecule is CCC(C)CCCCCCCCCCC(=O)O[C@H](COC(=O)CCCCCCCCC(C)CC)COP(=O)(O)OC[C@H](O)COP(=O)(O)OC[C@@H](COC(=O)CCCCCCCCCCCCCC(C)C)OC(=O)CCCCCCCCCCCCC(C)C. The van der Waals surface area contributed by atoms with E-state index in [-0.39, 0.29) is 25.7 Å². The quantitative estimate of drug-likeness (QED) is 0.0222. The number of carbonyl (C=O) groups excluding carboxylic acids is 4. The zero-order valence-electron chi connectivity index (χ0n) is 58.1. The molecule has 17 nitrogen and oxygen atoms in total. The van der Waals surface area contributed by atoms with Gasteiger partial charge in [0.2, 0.25) is 0 Å². The Morgan fingerprint density at radius 3 is 0.798 bits per heavy atom. The van der Waals surface area contributed by atoms with E-state index in [0.29, 0.717) is 25.7 Å². The number of esters is 4. The highest BCUT2D eigenvalue weighted by Crippen LogP contribution is 2.45. The van der Waals surface area contributed by atoms with E-state index in [1.807, 2.05) is 0 Å². The lowest BCUT2D eigenvalue weighted by Gasteiger charge is -2.21. The summed E-state index contributed by atoms with van der Waals surface area (Å²) in [6.45, 7) is 14.1. The topological polar surface area (TPSA) is 237 Å². The lowest BCUT2D eigenvalue weighted by molar-refractivity contribution is -0.161. The van der Waals surface area contributed by atoms with Crippen LogP contribution in [0.4, 0.5) is 0 Å². The first kappa shape index (κ1) is 87.1. The third kappa shape index (κ3) is 62.0. The highest BCUT2D eigenvalue weighted by Gasteiger charge is 2.30. The number of phosphoric acid groups is 2. The Morgan fingerprint density at radius 2 is 0.539 bits per heavy atom. The Morgan fingerprint density at radius 1 is 0.315 bits per heavy atom. The molecule has 0 aromatic rings. The van der Waals surface area contributed by atoms with Gasteiger partial charge >= 0.3 is 39.5 Å². The molecule has 89 heavy (non-hydrogen) atoms. The highest BCUT2D eigenvalue weighted by molar-refractivity contribution is 7.47. The van der Waals surface area contributed by atoms with Gasteiger partial charge < -0.3 is 33.8 Å². The van der Waals surface area contributed by atoms with Crippen LogP contribution < -0.4 is 0 Å². The summed E-state index contributed by atoms with van der Waals surface area (Å²) in [5.74, 6) is 0.892. The number of unbranched alkanes of at least 4 members (excludes halogenated alkanes) is 31. The van der Waals surface area contributed by atoms with E-state index in [2.05, 4.69) is 55.4 Å². The van der Waals surface area contributed by atoms with Crippen molar-refractivity contribution in [3.63, 3.8) is 0 Å². The van der Waals surface area contributed by atoms with Crippen LogP contribution in [0.15, 0.2) is 0 Å². The monoisotopic (exact) mass is 1310 g/mol. The standard InChI is InChI=1S/C70H136O17P2/c1-9-62(7)48-40-32-24-20-21-27-37-45-53-70(75)87-66(57-81-68(73)51-43-35-29-28-33-41-49-63(8)10-2)59-85-89(78,79)83-55-64(71)54-82-88(76,77)84-58-65(86-69(74)52-44-36-26-19-15-14-17-23-31-39-47-61(5)6)56-80-67(72)50-42-34-25-18-13-11-12-16-22-30-38-46-60(3)4/h60-66,71H,9-59H2,1-8H3,(H,76,77)(H,78,79)/t62?,63?,64-,65-,66-/m1/s1. The van der Waals surface area contributed by atoms with Gasteiger partial charge in [-0.1, -0.05) is 293 Å². The van der Waals surface area contributed by atoms with Gasteiger partial charge in [0.15, 0.2) is 12.2 Å². The molecule has 19 heteroatoms. The lowest BCUT2D eigenvalue weighted by Crippen LogP contribution is -2.30. The second kappa shape index (κ2) is 59.8. The van der Waals surface area contributed by atoms with Gasteiger partial charge in [-0.2, -0.15) is 0 Å². The molecule has 528 valence electrons. The summed E-state index contributed by atoms with van der Waals surface area (Å²) in [6.07, 6.45) is 41.6. The maximum Gasteiger partial charge on any atom is 0.472 e. The molecule has 0 aliphatic rings. The molecular weight excluding hydrogens is 1170 g/mol. The molecule has 0 saturated carbocycles. The Bertz CT molecular complexity index is 1770. The van der Waals surface area contributed by atoms with Crippen LogP contribution in [0.5, 0.6) is 0 Å². The van der Waals surface area contributed by atoms with Crippen LogP contribution >= 0.6 is 15.6 Å². The first-order valence-electron chi connectivity index (χ1n) is 36.3. The van der Waals surface area contributed by atoms with E-state index in [4.69, 9.17) is 37.0 Å². The van der Waals surface area contributed by atoms with E-state index in [0.717, 1.165) is 120 Å². The lowest BCUT2D eigenvalue weighted by atomic mass is 9.99. The second-order valence-corrected chi connectivity index (χ2v) is 29.6. The van der Waals surface area contributed by atoms with Gasteiger partial charge in [-0.15, -0.1) is 0 Å². The third-order valence-electron chi connectivity index (χ3n) is 16.8. The molecule has 0 aliphatic carbocycles. The number of aliphatic hydroxyl groups is 1. The second-order valence-electron chi connectivity index (χ2n) is 26.7. The Balaban J connectivity index is 5.27. The van der Waals surface area contributed by atoms with Crippen molar-refractivity contribution in [2.45, 2.75) is 363 Å². The van der Waals surface area contributed by atoms with Crippen molar-refractivity contribution in [1.82, 2.24) is 0 Å². The van der Waals surface area contributed by atoms with Gasteiger partial charge in [-0.3, -0.25) is 37.3 Å². The van der Waals surface area contributed by atoms with Crippen molar-refractivity contribution in [2.24, 2.45) is 23.7 Å². The van der Waals surface area contributed by atoms with Crippen LogP contribution in [0.1, 0.15) is 344 Å². The van der Waals surface area contributed by atoms with E-state index in [1.165, 1.54) is 141 Å². The maximum absolute atomic E-state index is 13.0. The van der Waals surface area contributed by atoms with Crippen LogP contribution in [0.2, 0.25) is 0 Å². The highest BCUT2D eigenvalue weighted by atomic mass is 31.2. The van der Waals surface area contributed by atoms with Crippen molar-refractivity contribution in [1.29, 1.82) is 0 Å². The number of hydrogen-bond acceptors (Lipinski definition) is 15. The average molecular weight is 1310 g/mol. The van der Waals surface area contributed by atoms with E-state index in [1.54, 1.807) is 0 Å². The summed E-state index contributed by atoms with van der Waals surface area (Å²) in [5.41, 5.74) is 0. The van der Waals surface area contributed by atoms with E-state index < -0.39 is 97.5 Å². The van der Waals surface area contributed by atoms with Crippen molar-refractivity contribution < 1.29 is 80.2 Å². The molecule has 0 aliphatic heterocycles. The Hall–Kier alpha value is -1.94. The number of aliphatic hydroxyl groups excluding tert-OH is 1. The molecule has 0 aromatic heterocycles. The molecule has 0 heterocycles. The summed E-state index contributed by atoms with van der Waals surface area (Å²) in [4.78, 5) is 72.5. The minimum atomic E-state index is -4.95. The summed E-state index contributed by atoms with van der Waals surface area (Å²) < 4.78 is 68.3. The molecule has 0 radical (unpaired) electrons. The summed E-state index contributed by atoms with van der Waals surface area (Å²) in [7, 11) is -9.90. The molecule has 0 amide bonds. The molecule has 7 atom stereocenters. The summed E-state index contributed by atoms with van der Waals surface area (Å²) >= 11 is 0. The van der Waals surface area contributed by atoms with E-state index >= 15 is 0 Å². The van der Waals surface area contributed by atoms with Gasteiger partial charge in [0.1, 0.15) is 19.3 Å². The van der Waals surface area contributed by atoms with Crippen LogP contribution in [0.25, 0.3) is 0 Å². The zero-order chi connectivity index (χ0) is 66.1. The molecule has 0 spiro atoms. The summed E-state index contributed by atoms with van der Waals surface area (Å²) in [6, 6.07) is 0. The number of phosphoric ester groups is 2. The Labute approximate surface area is 543 Å². The van der Waals surface area contributed by atoms with Crippen LogP contribution in [-0.2, 0) is 65.4 Å². The van der Waals surface area contributed by atoms with Crippen LogP contribution in [0.3, 0.4) is 0 Å². The van der Waals surface area contributed by atoms with E-state index in [9.17, 15) is 43.2 Å². The first-order chi connectivity index (χ1) is 42.7. The molecule has 3 N–H and O–H groups in total. The van der Waals surface area contributed by atoms with Crippen molar-refractivity contribution in [3.8, 4) is 0 Å². The molecule has 0 aromatic carbocycles. The fraction of sp³-hybridized carbons (Fsp3) is 0.943. The number of rotatable bonds is 67. The largest absolute Gasteiger partial charge is 0.472 e. The number of carbonyl (C=O) groups is 4. The van der Waals surface area contributed by atoms with Gasteiger partial charge in [-0.25, -0.2) is 9.13 Å². The average Bonchev–Trinajstić information content (AvgIpc) is 3.71. The molecule has 0 saturated heterocycles. The minimum absolute atomic E-state index is 0.104. The van der Waals surface area contributed by atoms with Crippen LogP contribution in [-0.4, -0.2) is 96.7 Å². The van der Waals surface area contributed by atoms with Gasteiger partial charge in [-0.05, 0) is 49.4 Å². The van der Waals surface area contributed by atoms with Crippen molar-refractivity contribution in [2.75, 3.05) is 39.6 Å². The smallest absolute Gasteiger partial charge is 0.462 e. The van der Waals surface area contributed by atoms with Crippen molar-refractivity contribution >= 4 is 39.5 Å². The Kier molecular flexibility index (Phi) is 58.5. The third-order valence-corrected chi connectivity index (χ3v) is 18.7. The number of ether oxygens (including phenoxy) is 4. The van der Waals surface area contributed by atoms with Crippen molar-refractivity contribution in [3.05, 3.63) is 0 Å². The zero-order valence-corrected chi connectivity index (χ0v) is 59.8. The van der Waals surface area contributed by atoms with Gasteiger partial charge in [0.05, 0.1) is 26.4 Å². The molecule has 0 rings (SSSR count). The maximum atomic E-state index is 13.0. The summed E-state index contributed by atoms with van der Waals surface area (Å²) in [5, 5.41) is 10.6. The fourth-order valence-electron chi connectivity index (χ4n) is 10.4. The minimum Gasteiger partial charge on any atom is -0.462 e. The normalized spacial score (nSPS) is 14.9. The first-order valence-corrected chi connectivity index (χ1v) is 39.3. The molecule has 4 unspecified atom stereocenters. The predicted molar refractivity (Wildman–Crippen MR) is 358 cm³/mol. The predicted octanol–water partition coefficient (Wildman–Crippen LogP) is 19.7. The fourth-order valence-corrected chi connectivity index (χ4v) is 12.0. The number of hydrogen-bond donors (Lipinski definition) is 3. The van der Waals surface area contributed by atoms with Gasteiger partial charge in [0.25, 0.3) is 0 Å². The molecular formula is C70H136O17P2.